The Labute approximate surface area is 114 Å². The fourth-order valence-electron chi connectivity index (χ4n) is 1.17. The van der Waals surface area contributed by atoms with Gasteiger partial charge in [0.2, 0.25) is 0 Å². The Balaban J connectivity index is 2.85. The zero-order chi connectivity index (χ0) is 14.3. The molecule has 0 aliphatic rings. The molecule has 1 aromatic rings. The topological polar surface area (TPSA) is 88.4 Å². The van der Waals surface area contributed by atoms with Crippen molar-refractivity contribution in [3.63, 3.8) is 0 Å². The summed E-state index contributed by atoms with van der Waals surface area (Å²) in [7, 11) is 1.28. The molecule has 0 bridgehead atoms. The second-order valence-electron chi connectivity index (χ2n) is 3.19. The third-order valence-electron chi connectivity index (χ3n) is 2.02. The first-order valence-corrected chi connectivity index (χ1v) is 6.21. The number of nitrogens with one attached hydrogen (secondary N) is 1. The van der Waals surface area contributed by atoms with Crippen molar-refractivity contribution in [1.29, 1.82) is 5.26 Å². The third-order valence-corrected chi connectivity index (χ3v) is 2.92. The highest BCUT2D eigenvalue weighted by Crippen LogP contribution is 2.23. The Morgan fingerprint density at radius 2 is 2.32 bits per heavy atom. The van der Waals surface area contributed by atoms with E-state index in [0.717, 1.165) is 0 Å². The minimum absolute atomic E-state index is 0.177. The number of carbonyl (C=O) groups is 2. The van der Waals surface area contributed by atoms with Crippen LogP contribution >= 0.6 is 11.3 Å². The predicted octanol–water partition coefficient (Wildman–Crippen LogP) is 1.92. The van der Waals surface area contributed by atoms with Crippen molar-refractivity contribution in [3.8, 4) is 6.07 Å². The monoisotopic (exact) mass is 280 g/mol. The lowest BCUT2D eigenvalue weighted by Gasteiger charge is -2.03. The maximum Gasteiger partial charge on any atom is 0.350 e. The zero-order valence-corrected chi connectivity index (χ0v) is 11.2. The molecule has 1 aromatic heterocycles. The van der Waals surface area contributed by atoms with Crippen LogP contribution in [-0.2, 0) is 14.3 Å². The van der Waals surface area contributed by atoms with Gasteiger partial charge in [0.15, 0.2) is 5.57 Å². The van der Waals surface area contributed by atoms with E-state index in [9.17, 15) is 9.59 Å². The average molecular weight is 280 g/mol. The molecule has 19 heavy (non-hydrogen) atoms. The van der Waals surface area contributed by atoms with Crippen LogP contribution in [0.15, 0.2) is 23.2 Å². The van der Waals surface area contributed by atoms with Crippen molar-refractivity contribution in [2.75, 3.05) is 19.0 Å². The van der Waals surface area contributed by atoms with E-state index in [-0.39, 0.29) is 12.2 Å². The van der Waals surface area contributed by atoms with Gasteiger partial charge in [0.05, 0.1) is 19.4 Å². The second-order valence-corrected chi connectivity index (χ2v) is 4.11. The smallest absolute Gasteiger partial charge is 0.350 e. The SMILES string of the molecule is CCOC(=O)C(C#N)=CNc1ccsc1C(=O)OC. The number of carbonyl (C=O) groups excluding carboxylic acids is 2. The van der Waals surface area contributed by atoms with Gasteiger partial charge in [-0.05, 0) is 18.4 Å². The summed E-state index contributed by atoms with van der Waals surface area (Å²) >= 11 is 1.19. The van der Waals surface area contributed by atoms with Crippen molar-refractivity contribution in [3.05, 3.63) is 28.1 Å². The lowest BCUT2D eigenvalue weighted by Crippen LogP contribution is -2.08. The maximum atomic E-state index is 11.4. The summed E-state index contributed by atoms with van der Waals surface area (Å²) in [4.78, 5) is 23.1. The molecule has 0 saturated heterocycles. The molecule has 1 heterocycles. The molecule has 0 aliphatic carbocycles. The fraction of sp³-hybridized carbons (Fsp3) is 0.250. The second kappa shape index (κ2) is 7.18. The summed E-state index contributed by atoms with van der Waals surface area (Å²) in [6.07, 6.45) is 1.20. The van der Waals surface area contributed by atoms with E-state index in [4.69, 9.17) is 10.00 Å². The van der Waals surface area contributed by atoms with Gasteiger partial charge in [-0.3, -0.25) is 0 Å². The average Bonchev–Trinajstić information content (AvgIpc) is 2.87. The number of esters is 2. The van der Waals surface area contributed by atoms with E-state index >= 15 is 0 Å². The van der Waals surface area contributed by atoms with Crippen LogP contribution in [0.1, 0.15) is 16.6 Å². The van der Waals surface area contributed by atoms with Gasteiger partial charge in [-0.15, -0.1) is 11.3 Å². The summed E-state index contributed by atoms with van der Waals surface area (Å²) in [5.74, 6) is -1.20. The Morgan fingerprint density at radius 1 is 1.58 bits per heavy atom. The van der Waals surface area contributed by atoms with Gasteiger partial charge in [-0.25, -0.2) is 9.59 Å². The quantitative estimate of drug-likeness (QED) is 0.503. The highest BCUT2D eigenvalue weighted by Gasteiger charge is 2.14. The number of nitriles is 1. The zero-order valence-electron chi connectivity index (χ0n) is 10.4. The molecule has 0 radical (unpaired) electrons. The van der Waals surface area contributed by atoms with Gasteiger partial charge in [0.25, 0.3) is 0 Å². The van der Waals surface area contributed by atoms with Crippen LogP contribution in [0.4, 0.5) is 5.69 Å². The molecule has 0 saturated carbocycles. The normalized spacial score (nSPS) is 10.5. The van der Waals surface area contributed by atoms with Crippen LogP contribution in [0.25, 0.3) is 0 Å². The third kappa shape index (κ3) is 3.82. The largest absolute Gasteiger partial charge is 0.465 e. The lowest BCUT2D eigenvalue weighted by atomic mass is 10.3. The summed E-state index contributed by atoms with van der Waals surface area (Å²) in [6.45, 7) is 1.83. The molecule has 0 spiro atoms. The number of thiophene rings is 1. The van der Waals surface area contributed by atoms with Crippen molar-refractivity contribution in [2.24, 2.45) is 0 Å². The maximum absolute atomic E-state index is 11.4. The molecule has 6 nitrogen and oxygen atoms in total. The van der Waals surface area contributed by atoms with Gasteiger partial charge in [-0.1, -0.05) is 0 Å². The van der Waals surface area contributed by atoms with E-state index in [1.165, 1.54) is 24.6 Å². The molecule has 1 N–H and O–H groups in total. The highest BCUT2D eigenvalue weighted by molar-refractivity contribution is 7.12. The van der Waals surface area contributed by atoms with Gasteiger partial charge in [-0.2, -0.15) is 5.26 Å². The standard InChI is InChI=1S/C12H12N2O4S/c1-3-18-11(15)8(6-13)7-14-9-4-5-19-10(9)12(16)17-2/h4-5,7,14H,3H2,1-2H3. The Morgan fingerprint density at radius 3 is 2.89 bits per heavy atom. The van der Waals surface area contributed by atoms with Crippen molar-refractivity contribution in [2.45, 2.75) is 6.92 Å². The van der Waals surface area contributed by atoms with Gasteiger partial charge >= 0.3 is 11.9 Å². The van der Waals surface area contributed by atoms with Crippen molar-refractivity contribution in [1.82, 2.24) is 0 Å². The summed E-state index contributed by atoms with van der Waals surface area (Å²) in [5, 5.41) is 13.2. The molecule has 100 valence electrons. The van der Waals surface area contributed by atoms with E-state index in [1.54, 1.807) is 24.4 Å². The van der Waals surface area contributed by atoms with Crippen LogP contribution < -0.4 is 5.32 Å². The molecule has 1 rings (SSSR count). The van der Waals surface area contributed by atoms with Crippen LogP contribution in [0, 0.1) is 11.3 Å². The number of anilines is 1. The molecule has 0 atom stereocenters. The van der Waals surface area contributed by atoms with E-state index in [0.29, 0.717) is 10.6 Å². The van der Waals surface area contributed by atoms with E-state index < -0.39 is 11.9 Å². The van der Waals surface area contributed by atoms with E-state index in [2.05, 4.69) is 10.1 Å². The molecule has 0 fully saturated rings. The van der Waals surface area contributed by atoms with Crippen LogP contribution in [0.2, 0.25) is 0 Å². The van der Waals surface area contributed by atoms with E-state index in [1.807, 2.05) is 0 Å². The predicted molar refractivity (Wildman–Crippen MR) is 69.6 cm³/mol. The van der Waals surface area contributed by atoms with Crippen LogP contribution in [-0.4, -0.2) is 25.7 Å². The molecule has 0 amide bonds. The molecular weight excluding hydrogens is 268 g/mol. The van der Waals surface area contributed by atoms with Gasteiger partial charge in [0, 0.05) is 6.20 Å². The Hall–Kier alpha value is -2.33. The first kappa shape index (κ1) is 14.7. The van der Waals surface area contributed by atoms with Crippen molar-refractivity contribution < 1.29 is 19.1 Å². The summed E-state index contributed by atoms with van der Waals surface area (Å²) in [5.41, 5.74) is 0.290. The molecule has 0 aliphatic heterocycles. The van der Waals surface area contributed by atoms with Crippen LogP contribution in [0.3, 0.4) is 0 Å². The molecule has 7 heteroatoms. The first-order valence-electron chi connectivity index (χ1n) is 5.33. The number of nitrogens with zero attached hydrogens (tertiary/aromatic N) is 1. The summed E-state index contributed by atoms with van der Waals surface area (Å²) < 4.78 is 9.31. The highest BCUT2D eigenvalue weighted by atomic mass is 32.1. The van der Waals surface area contributed by atoms with Crippen molar-refractivity contribution >= 4 is 29.0 Å². The minimum Gasteiger partial charge on any atom is -0.465 e. The van der Waals surface area contributed by atoms with Gasteiger partial charge < -0.3 is 14.8 Å². The minimum atomic E-state index is -0.715. The van der Waals surface area contributed by atoms with Crippen LogP contribution in [0.5, 0.6) is 0 Å². The number of hydrogen-bond donors (Lipinski definition) is 1. The Bertz CT molecular complexity index is 542. The number of methoxy groups -OCH3 is 1. The Kier molecular flexibility index (Phi) is 5.57. The number of rotatable bonds is 5. The summed E-state index contributed by atoms with van der Waals surface area (Å²) in [6, 6.07) is 3.37. The molecular formula is C12H12N2O4S. The fourth-order valence-corrected chi connectivity index (χ4v) is 1.94. The lowest BCUT2D eigenvalue weighted by molar-refractivity contribution is -0.138. The molecule has 0 unspecified atom stereocenters. The molecule has 0 aromatic carbocycles. The number of ether oxygens (including phenoxy) is 2. The first-order chi connectivity index (χ1) is 9.13. The number of hydrogen-bond acceptors (Lipinski definition) is 7. The van der Waals surface area contributed by atoms with Gasteiger partial charge in [0.1, 0.15) is 10.9 Å².